The number of hydrogen-bond donors (Lipinski definition) is 1. The van der Waals surface area contributed by atoms with E-state index in [0.717, 1.165) is 48.0 Å². The summed E-state index contributed by atoms with van der Waals surface area (Å²) in [5, 5.41) is 13.8. The molecule has 1 saturated carbocycles. The first kappa shape index (κ1) is 13.7. The highest BCUT2D eigenvalue weighted by molar-refractivity contribution is 5.62. The van der Waals surface area contributed by atoms with Crippen LogP contribution in [0.4, 0.5) is 5.95 Å². The third-order valence-electron chi connectivity index (χ3n) is 4.34. The first-order chi connectivity index (χ1) is 10.7. The highest BCUT2D eigenvalue weighted by Gasteiger charge is 2.31. The molecule has 6 nitrogen and oxygen atoms in total. The van der Waals surface area contributed by atoms with Crippen LogP contribution in [0.3, 0.4) is 0 Å². The number of aliphatic hydroxyl groups excluding tert-OH is 1. The van der Waals surface area contributed by atoms with E-state index in [1.165, 1.54) is 12.8 Å². The van der Waals surface area contributed by atoms with Gasteiger partial charge in [0, 0.05) is 31.3 Å². The summed E-state index contributed by atoms with van der Waals surface area (Å²) in [6.45, 7) is 3.43. The highest BCUT2D eigenvalue weighted by Crippen LogP contribution is 2.43. The third kappa shape index (κ3) is 2.59. The van der Waals surface area contributed by atoms with Crippen LogP contribution in [0.5, 0.6) is 0 Å². The van der Waals surface area contributed by atoms with Crippen LogP contribution in [-0.4, -0.2) is 39.4 Å². The van der Waals surface area contributed by atoms with Crippen molar-refractivity contribution >= 4 is 5.95 Å². The zero-order valence-corrected chi connectivity index (χ0v) is 12.7. The van der Waals surface area contributed by atoms with Crippen LogP contribution < -0.4 is 4.90 Å². The maximum absolute atomic E-state index is 9.85. The van der Waals surface area contributed by atoms with Gasteiger partial charge in [-0.25, -0.2) is 9.97 Å². The molecular weight excluding hydrogens is 280 g/mol. The first-order valence-electron chi connectivity index (χ1n) is 7.94. The molecule has 1 aliphatic heterocycles. The summed E-state index contributed by atoms with van der Waals surface area (Å²) in [6, 6.07) is 1.93. The molecule has 1 saturated heterocycles. The fraction of sp³-hybridized carbons (Fsp3) is 0.562. The van der Waals surface area contributed by atoms with Crippen LogP contribution in [-0.2, 0) is 0 Å². The minimum Gasteiger partial charge on any atom is -0.391 e. The number of rotatable bonds is 3. The van der Waals surface area contributed by atoms with Crippen LogP contribution >= 0.6 is 0 Å². The van der Waals surface area contributed by atoms with Crippen molar-refractivity contribution < 1.29 is 9.63 Å². The van der Waals surface area contributed by atoms with Gasteiger partial charge in [-0.3, -0.25) is 0 Å². The summed E-state index contributed by atoms with van der Waals surface area (Å²) in [5.41, 5.74) is 2.87. The van der Waals surface area contributed by atoms with Crippen molar-refractivity contribution in [1.29, 1.82) is 0 Å². The quantitative estimate of drug-likeness (QED) is 0.937. The molecular formula is C16H20N4O2. The van der Waals surface area contributed by atoms with E-state index in [-0.39, 0.29) is 6.10 Å². The van der Waals surface area contributed by atoms with E-state index >= 15 is 0 Å². The molecule has 0 aromatic carbocycles. The molecule has 1 unspecified atom stereocenters. The molecule has 22 heavy (non-hydrogen) atoms. The average Bonchev–Trinajstić information content (AvgIpc) is 3.28. The lowest BCUT2D eigenvalue weighted by Crippen LogP contribution is -2.39. The summed E-state index contributed by atoms with van der Waals surface area (Å²) in [5.74, 6) is 1.96. The van der Waals surface area contributed by atoms with E-state index in [0.29, 0.717) is 12.5 Å². The number of β-amino-alcohol motifs (C(OH)–C–C–N with tert-alkyl or cyclic N) is 1. The Kier molecular flexibility index (Phi) is 3.33. The number of aryl methyl sites for hydroxylation is 1. The second-order valence-electron chi connectivity index (χ2n) is 6.32. The summed E-state index contributed by atoms with van der Waals surface area (Å²) in [6.07, 6.45) is 5.74. The molecule has 4 rings (SSSR count). The smallest absolute Gasteiger partial charge is 0.225 e. The number of nitrogens with zero attached hydrogens (tertiary/aromatic N) is 4. The van der Waals surface area contributed by atoms with Crippen LogP contribution in [0, 0.1) is 6.92 Å². The minimum atomic E-state index is -0.279. The monoisotopic (exact) mass is 300 g/mol. The van der Waals surface area contributed by atoms with Crippen molar-refractivity contribution in [2.24, 2.45) is 0 Å². The maximum atomic E-state index is 9.85. The van der Waals surface area contributed by atoms with E-state index in [1.807, 2.05) is 19.2 Å². The van der Waals surface area contributed by atoms with Gasteiger partial charge in [0.2, 0.25) is 5.95 Å². The Hall–Kier alpha value is -1.95. The second kappa shape index (κ2) is 5.35. The Balaban J connectivity index is 1.69. The molecule has 0 amide bonds. The van der Waals surface area contributed by atoms with Gasteiger partial charge in [-0.05, 0) is 32.6 Å². The molecule has 6 heteroatoms. The van der Waals surface area contributed by atoms with Gasteiger partial charge in [0.1, 0.15) is 0 Å². The Morgan fingerprint density at radius 3 is 2.86 bits per heavy atom. The van der Waals surface area contributed by atoms with Crippen molar-refractivity contribution in [2.45, 2.75) is 44.6 Å². The molecule has 0 spiro atoms. The van der Waals surface area contributed by atoms with Crippen LogP contribution in [0.1, 0.15) is 43.0 Å². The van der Waals surface area contributed by atoms with E-state index in [1.54, 1.807) is 0 Å². The standard InChI is InChI=1S/C16H20N4O2/c1-10-7-14(22-19-10)13-8-17-16(18-15(13)11-4-5-11)20-6-2-3-12(21)9-20/h7-8,11-12,21H,2-6,9H2,1H3. The number of hydrogen-bond acceptors (Lipinski definition) is 6. The molecule has 1 aliphatic carbocycles. The number of aromatic nitrogens is 3. The van der Waals surface area contributed by atoms with Gasteiger partial charge in [-0.1, -0.05) is 5.16 Å². The minimum absolute atomic E-state index is 0.279. The Labute approximate surface area is 129 Å². The van der Waals surface area contributed by atoms with E-state index in [9.17, 15) is 5.11 Å². The fourth-order valence-corrected chi connectivity index (χ4v) is 3.02. The van der Waals surface area contributed by atoms with Crippen LogP contribution in [0.2, 0.25) is 0 Å². The van der Waals surface area contributed by atoms with E-state index in [2.05, 4.69) is 15.0 Å². The van der Waals surface area contributed by atoms with Crippen molar-refractivity contribution in [1.82, 2.24) is 15.1 Å². The predicted molar refractivity (Wildman–Crippen MR) is 81.7 cm³/mol. The van der Waals surface area contributed by atoms with Crippen molar-refractivity contribution in [3.05, 3.63) is 23.7 Å². The predicted octanol–water partition coefficient (Wildman–Crippen LogP) is 2.28. The van der Waals surface area contributed by atoms with E-state index < -0.39 is 0 Å². The second-order valence-corrected chi connectivity index (χ2v) is 6.32. The molecule has 2 fully saturated rings. The Bertz CT molecular complexity index is 681. The zero-order chi connectivity index (χ0) is 15.1. The molecule has 1 atom stereocenters. The molecule has 3 heterocycles. The molecule has 2 aliphatic rings. The molecule has 0 bridgehead atoms. The molecule has 116 valence electrons. The summed E-state index contributed by atoms with van der Waals surface area (Å²) >= 11 is 0. The lowest BCUT2D eigenvalue weighted by molar-refractivity contribution is 0.153. The molecule has 0 radical (unpaired) electrons. The Morgan fingerprint density at radius 1 is 1.32 bits per heavy atom. The number of aliphatic hydroxyl groups is 1. The van der Waals surface area contributed by atoms with Gasteiger partial charge < -0.3 is 14.5 Å². The average molecular weight is 300 g/mol. The maximum Gasteiger partial charge on any atom is 0.225 e. The van der Waals surface area contributed by atoms with Gasteiger partial charge in [0.05, 0.1) is 23.1 Å². The van der Waals surface area contributed by atoms with Gasteiger partial charge >= 0.3 is 0 Å². The van der Waals surface area contributed by atoms with Gasteiger partial charge in [-0.15, -0.1) is 0 Å². The lowest BCUT2D eigenvalue weighted by Gasteiger charge is -2.30. The molecule has 2 aromatic rings. The summed E-state index contributed by atoms with van der Waals surface area (Å²) in [4.78, 5) is 11.4. The largest absolute Gasteiger partial charge is 0.391 e. The SMILES string of the molecule is Cc1cc(-c2cnc(N3CCCC(O)C3)nc2C2CC2)on1. The lowest BCUT2D eigenvalue weighted by atomic mass is 10.1. The summed E-state index contributed by atoms with van der Waals surface area (Å²) < 4.78 is 5.39. The number of anilines is 1. The van der Waals surface area contributed by atoms with Gasteiger partial charge in [0.15, 0.2) is 5.76 Å². The van der Waals surface area contributed by atoms with E-state index in [4.69, 9.17) is 9.51 Å². The van der Waals surface area contributed by atoms with Crippen molar-refractivity contribution in [2.75, 3.05) is 18.0 Å². The summed E-state index contributed by atoms with van der Waals surface area (Å²) in [7, 11) is 0. The number of piperidine rings is 1. The topological polar surface area (TPSA) is 75.3 Å². The zero-order valence-electron chi connectivity index (χ0n) is 12.7. The molecule has 2 aromatic heterocycles. The van der Waals surface area contributed by atoms with Crippen molar-refractivity contribution in [3.63, 3.8) is 0 Å². The van der Waals surface area contributed by atoms with Gasteiger partial charge in [0.25, 0.3) is 0 Å². The van der Waals surface area contributed by atoms with Crippen molar-refractivity contribution in [3.8, 4) is 11.3 Å². The van der Waals surface area contributed by atoms with Crippen LogP contribution in [0.15, 0.2) is 16.8 Å². The first-order valence-corrected chi connectivity index (χ1v) is 7.94. The normalized spacial score (nSPS) is 22.1. The third-order valence-corrected chi connectivity index (χ3v) is 4.34. The highest BCUT2D eigenvalue weighted by atomic mass is 16.5. The fourth-order valence-electron chi connectivity index (χ4n) is 3.02. The Morgan fingerprint density at radius 2 is 2.18 bits per heavy atom. The molecule has 1 N–H and O–H groups in total. The van der Waals surface area contributed by atoms with Gasteiger partial charge in [-0.2, -0.15) is 0 Å². The van der Waals surface area contributed by atoms with Crippen LogP contribution in [0.25, 0.3) is 11.3 Å².